The minimum Gasteiger partial charge on any atom is -0.374 e. The molecule has 0 aliphatic carbocycles. The fraction of sp³-hybridized carbons (Fsp3) is 0.611. The number of hydrogen-bond donors (Lipinski definition) is 1. The van der Waals surface area contributed by atoms with Gasteiger partial charge in [-0.1, -0.05) is 18.2 Å². The van der Waals surface area contributed by atoms with E-state index in [9.17, 15) is 4.79 Å². The van der Waals surface area contributed by atoms with Gasteiger partial charge in [0.25, 0.3) is 0 Å². The van der Waals surface area contributed by atoms with E-state index >= 15 is 0 Å². The van der Waals surface area contributed by atoms with Gasteiger partial charge in [-0.2, -0.15) is 0 Å². The van der Waals surface area contributed by atoms with Crippen LogP contribution in [-0.2, 0) is 4.74 Å². The lowest BCUT2D eigenvalue weighted by molar-refractivity contribution is 0.0739. The van der Waals surface area contributed by atoms with Gasteiger partial charge in [-0.3, -0.25) is 0 Å². The fourth-order valence-electron chi connectivity index (χ4n) is 4.21. The molecule has 0 aromatic heterocycles. The topological polar surface area (TPSA) is 41.6 Å². The van der Waals surface area contributed by atoms with Crippen molar-refractivity contribution in [1.82, 2.24) is 10.2 Å². The smallest absolute Gasteiger partial charge is 0.317 e. The quantitative estimate of drug-likeness (QED) is 0.666. The SMILES string of the molecule is O=C(NCCCSc1ccccc1)N1CC2C3CCC(O3)C2C1. The number of amides is 2. The first-order valence-electron chi connectivity index (χ1n) is 8.67. The summed E-state index contributed by atoms with van der Waals surface area (Å²) in [5, 5.41) is 3.08. The maximum atomic E-state index is 12.3. The lowest BCUT2D eigenvalue weighted by atomic mass is 9.82. The van der Waals surface area contributed by atoms with E-state index in [0.717, 1.165) is 31.8 Å². The molecule has 124 valence electrons. The molecule has 1 aromatic carbocycles. The highest BCUT2D eigenvalue weighted by Crippen LogP contribution is 2.47. The molecule has 3 heterocycles. The minimum absolute atomic E-state index is 0.114. The number of benzene rings is 1. The van der Waals surface area contributed by atoms with Crippen LogP contribution >= 0.6 is 11.8 Å². The van der Waals surface area contributed by atoms with Crippen LogP contribution in [0.5, 0.6) is 0 Å². The van der Waals surface area contributed by atoms with Gasteiger partial charge in [0.2, 0.25) is 0 Å². The molecule has 3 aliphatic rings. The standard InChI is InChI=1S/C18H24N2O2S/c21-18(19-9-4-10-23-13-5-2-1-3-6-13)20-11-14-15(12-20)17-8-7-16(14)22-17/h1-3,5-6,14-17H,4,7-12H2,(H,19,21). The Bertz CT molecular complexity index is 535. The predicted octanol–water partition coefficient (Wildman–Crippen LogP) is 2.99. The molecule has 4 nitrogen and oxygen atoms in total. The predicted molar refractivity (Wildman–Crippen MR) is 91.6 cm³/mol. The maximum absolute atomic E-state index is 12.3. The first-order valence-corrected chi connectivity index (χ1v) is 9.66. The van der Waals surface area contributed by atoms with E-state index < -0.39 is 0 Å². The minimum atomic E-state index is 0.114. The zero-order chi connectivity index (χ0) is 15.6. The van der Waals surface area contributed by atoms with Gasteiger partial charge in [0.1, 0.15) is 0 Å². The molecule has 3 saturated heterocycles. The summed E-state index contributed by atoms with van der Waals surface area (Å²) in [4.78, 5) is 15.6. The third-order valence-electron chi connectivity index (χ3n) is 5.35. The zero-order valence-electron chi connectivity index (χ0n) is 13.3. The Morgan fingerprint density at radius 1 is 1.17 bits per heavy atom. The van der Waals surface area contributed by atoms with Crippen molar-refractivity contribution in [2.24, 2.45) is 11.8 Å². The lowest BCUT2D eigenvalue weighted by Gasteiger charge is -2.19. The van der Waals surface area contributed by atoms with E-state index in [4.69, 9.17) is 4.74 Å². The average molecular weight is 332 g/mol. The summed E-state index contributed by atoms with van der Waals surface area (Å²) in [7, 11) is 0. The highest BCUT2D eigenvalue weighted by Gasteiger charge is 2.53. The van der Waals surface area contributed by atoms with Gasteiger partial charge in [0.15, 0.2) is 0 Å². The summed E-state index contributed by atoms with van der Waals surface area (Å²) in [6.45, 7) is 2.53. The maximum Gasteiger partial charge on any atom is 0.317 e. The van der Waals surface area contributed by atoms with Gasteiger partial charge in [-0.05, 0) is 37.1 Å². The largest absolute Gasteiger partial charge is 0.374 e. The molecule has 4 rings (SSSR count). The molecule has 0 radical (unpaired) electrons. The van der Waals surface area contributed by atoms with Crippen molar-refractivity contribution in [3.63, 3.8) is 0 Å². The van der Waals surface area contributed by atoms with E-state index in [1.54, 1.807) is 0 Å². The monoisotopic (exact) mass is 332 g/mol. The van der Waals surface area contributed by atoms with Gasteiger partial charge in [-0.25, -0.2) is 4.79 Å². The number of ether oxygens (including phenoxy) is 1. The van der Waals surface area contributed by atoms with E-state index in [0.29, 0.717) is 24.0 Å². The van der Waals surface area contributed by atoms with Crippen molar-refractivity contribution in [3.8, 4) is 0 Å². The van der Waals surface area contributed by atoms with Crippen LogP contribution in [-0.4, -0.2) is 48.5 Å². The molecule has 3 aliphatic heterocycles. The Balaban J connectivity index is 1.16. The van der Waals surface area contributed by atoms with Crippen molar-refractivity contribution >= 4 is 17.8 Å². The molecule has 2 amide bonds. The van der Waals surface area contributed by atoms with Crippen LogP contribution in [0.2, 0.25) is 0 Å². The number of nitrogens with zero attached hydrogens (tertiary/aromatic N) is 1. The molecule has 4 unspecified atom stereocenters. The molecule has 1 N–H and O–H groups in total. The average Bonchev–Trinajstić information content (AvgIpc) is 3.28. The van der Waals surface area contributed by atoms with Crippen LogP contribution in [0.3, 0.4) is 0 Å². The summed E-state index contributed by atoms with van der Waals surface area (Å²) in [5.41, 5.74) is 0. The number of urea groups is 1. The van der Waals surface area contributed by atoms with E-state index in [1.807, 2.05) is 22.7 Å². The number of rotatable bonds is 5. The van der Waals surface area contributed by atoms with Crippen molar-refractivity contribution < 1.29 is 9.53 Å². The van der Waals surface area contributed by atoms with Crippen molar-refractivity contribution in [1.29, 1.82) is 0 Å². The van der Waals surface area contributed by atoms with Crippen molar-refractivity contribution in [2.45, 2.75) is 36.4 Å². The molecule has 0 saturated carbocycles. The number of fused-ring (bicyclic) bond motifs is 5. The van der Waals surface area contributed by atoms with Crippen LogP contribution in [0.1, 0.15) is 19.3 Å². The lowest BCUT2D eigenvalue weighted by Crippen LogP contribution is -2.40. The molecule has 23 heavy (non-hydrogen) atoms. The highest BCUT2D eigenvalue weighted by molar-refractivity contribution is 7.99. The van der Waals surface area contributed by atoms with Crippen LogP contribution in [0.25, 0.3) is 0 Å². The summed E-state index contributed by atoms with van der Waals surface area (Å²) >= 11 is 1.85. The molecule has 4 atom stereocenters. The van der Waals surface area contributed by atoms with Gasteiger partial charge in [-0.15, -0.1) is 11.8 Å². The molecular weight excluding hydrogens is 308 g/mol. The Labute approximate surface area is 142 Å². The Kier molecular flexibility index (Phi) is 4.49. The van der Waals surface area contributed by atoms with E-state index in [-0.39, 0.29) is 6.03 Å². The summed E-state index contributed by atoms with van der Waals surface area (Å²) in [5.74, 6) is 2.22. The first-order chi connectivity index (χ1) is 11.3. The second-order valence-electron chi connectivity index (χ2n) is 6.77. The van der Waals surface area contributed by atoms with E-state index in [1.165, 1.54) is 17.7 Å². The molecule has 2 bridgehead atoms. The van der Waals surface area contributed by atoms with Gasteiger partial charge in [0, 0.05) is 36.4 Å². The highest BCUT2D eigenvalue weighted by atomic mass is 32.2. The molecule has 5 heteroatoms. The molecule has 0 spiro atoms. The summed E-state index contributed by atoms with van der Waals surface area (Å²) in [6, 6.07) is 10.5. The third kappa shape index (κ3) is 3.22. The van der Waals surface area contributed by atoms with Crippen LogP contribution < -0.4 is 5.32 Å². The number of nitrogens with one attached hydrogen (secondary N) is 1. The van der Waals surface area contributed by atoms with Crippen LogP contribution in [0, 0.1) is 11.8 Å². The number of thioether (sulfide) groups is 1. The number of hydrogen-bond acceptors (Lipinski definition) is 3. The Hall–Kier alpha value is -1.20. The molecule has 3 fully saturated rings. The molecule has 1 aromatic rings. The number of carbonyl (C=O) groups is 1. The van der Waals surface area contributed by atoms with Gasteiger partial charge >= 0.3 is 6.03 Å². The summed E-state index contributed by atoms with van der Waals surface area (Å²) in [6.07, 6.45) is 4.23. The first kappa shape index (κ1) is 15.3. The van der Waals surface area contributed by atoms with Crippen molar-refractivity contribution in [3.05, 3.63) is 30.3 Å². The number of likely N-dealkylation sites (tertiary alicyclic amines) is 1. The van der Waals surface area contributed by atoms with E-state index in [2.05, 4.69) is 29.6 Å². The normalized spacial score (nSPS) is 31.4. The zero-order valence-corrected chi connectivity index (χ0v) is 14.1. The summed E-state index contributed by atoms with van der Waals surface area (Å²) < 4.78 is 5.96. The third-order valence-corrected chi connectivity index (χ3v) is 6.45. The second kappa shape index (κ2) is 6.73. The number of carbonyl (C=O) groups excluding carboxylic acids is 1. The fourth-order valence-corrected chi connectivity index (χ4v) is 5.09. The Morgan fingerprint density at radius 2 is 1.87 bits per heavy atom. The van der Waals surface area contributed by atoms with Gasteiger partial charge in [0.05, 0.1) is 12.2 Å². The van der Waals surface area contributed by atoms with Crippen LogP contribution in [0.15, 0.2) is 35.2 Å². The van der Waals surface area contributed by atoms with Crippen LogP contribution in [0.4, 0.5) is 4.79 Å². The molecular formula is C18H24N2O2S. The van der Waals surface area contributed by atoms with Gasteiger partial charge < -0.3 is 15.0 Å². The Morgan fingerprint density at radius 3 is 2.57 bits per heavy atom. The second-order valence-corrected chi connectivity index (χ2v) is 7.94. The van der Waals surface area contributed by atoms with Crippen molar-refractivity contribution in [2.75, 3.05) is 25.4 Å².